The molecule has 0 unspecified atom stereocenters. The number of rotatable bonds is 4. The van der Waals surface area contributed by atoms with Crippen LogP contribution in [0, 0.1) is 5.92 Å². The number of hydrogen-bond donors (Lipinski definition) is 1. The molecular formula is C15H20N6O2. The molecule has 2 fully saturated rings. The van der Waals surface area contributed by atoms with E-state index in [2.05, 4.69) is 20.6 Å². The van der Waals surface area contributed by atoms with E-state index in [1.807, 2.05) is 17.7 Å². The van der Waals surface area contributed by atoms with Crippen molar-refractivity contribution in [2.45, 2.75) is 37.8 Å². The van der Waals surface area contributed by atoms with Crippen LogP contribution in [0.4, 0.5) is 5.95 Å². The zero-order valence-corrected chi connectivity index (χ0v) is 13.1. The first kappa shape index (κ1) is 14.4. The van der Waals surface area contributed by atoms with E-state index in [-0.39, 0.29) is 17.9 Å². The smallest absolute Gasteiger partial charge is 0.232 e. The van der Waals surface area contributed by atoms with Gasteiger partial charge in [-0.15, -0.1) is 10.2 Å². The summed E-state index contributed by atoms with van der Waals surface area (Å²) in [5.41, 5.74) is 0.925. The van der Waals surface area contributed by atoms with E-state index in [1.54, 1.807) is 17.2 Å². The van der Waals surface area contributed by atoms with Gasteiger partial charge >= 0.3 is 0 Å². The van der Waals surface area contributed by atoms with Crippen LogP contribution in [0.1, 0.15) is 43.5 Å². The van der Waals surface area contributed by atoms with Gasteiger partial charge in [-0.3, -0.25) is 19.4 Å². The van der Waals surface area contributed by atoms with Crippen LogP contribution in [-0.2, 0) is 16.6 Å². The molecule has 1 saturated carbocycles. The molecule has 2 aromatic heterocycles. The van der Waals surface area contributed by atoms with E-state index in [4.69, 9.17) is 4.74 Å². The fourth-order valence-electron chi connectivity index (χ4n) is 3.16. The van der Waals surface area contributed by atoms with Gasteiger partial charge in [-0.05, 0) is 31.7 Å². The Morgan fingerprint density at radius 1 is 1.39 bits per heavy atom. The zero-order chi connectivity index (χ0) is 15.8. The lowest BCUT2D eigenvalue weighted by molar-refractivity contribution is -0.129. The molecule has 3 heterocycles. The van der Waals surface area contributed by atoms with Crippen molar-refractivity contribution >= 4 is 11.9 Å². The zero-order valence-electron chi connectivity index (χ0n) is 13.1. The molecule has 23 heavy (non-hydrogen) atoms. The molecule has 0 radical (unpaired) electrons. The van der Waals surface area contributed by atoms with Crippen molar-refractivity contribution in [1.82, 2.24) is 24.5 Å². The number of ether oxygens (including phenoxy) is 1. The van der Waals surface area contributed by atoms with Crippen LogP contribution in [0.2, 0.25) is 0 Å². The van der Waals surface area contributed by atoms with E-state index in [1.165, 1.54) is 0 Å². The predicted octanol–water partition coefficient (Wildman–Crippen LogP) is 1.45. The Kier molecular flexibility index (Phi) is 3.60. The minimum absolute atomic E-state index is 0.0641. The number of hydrogen-bond acceptors (Lipinski definition) is 5. The van der Waals surface area contributed by atoms with E-state index in [0.29, 0.717) is 18.6 Å². The third kappa shape index (κ3) is 2.74. The Bertz CT molecular complexity index is 704. The second-order valence-corrected chi connectivity index (χ2v) is 6.20. The largest absolute Gasteiger partial charge is 0.371 e. The average Bonchev–Trinajstić information content (AvgIpc) is 3.15. The lowest BCUT2D eigenvalue weighted by atomic mass is 9.91. The van der Waals surface area contributed by atoms with E-state index in [0.717, 1.165) is 31.4 Å². The molecule has 122 valence electrons. The van der Waals surface area contributed by atoms with Crippen LogP contribution in [0.5, 0.6) is 0 Å². The Hall–Kier alpha value is -2.22. The number of aryl methyl sites for hydroxylation is 1. The van der Waals surface area contributed by atoms with Crippen molar-refractivity contribution in [2.24, 2.45) is 13.0 Å². The van der Waals surface area contributed by atoms with Crippen molar-refractivity contribution < 1.29 is 9.53 Å². The van der Waals surface area contributed by atoms with Crippen molar-refractivity contribution in [3.8, 4) is 0 Å². The Balaban J connectivity index is 1.53. The Labute approximate surface area is 133 Å². The van der Waals surface area contributed by atoms with Gasteiger partial charge in [0.2, 0.25) is 11.9 Å². The third-order valence-electron chi connectivity index (χ3n) is 4.56. The van der Waals surface area contributed by atoms with Gasteiger partial charge in [0.05, 0.1) is 11.6 Å². The van der Waals surface area contributed by atoms with Gasteiger partial charge in [0.25, 0.3) is 0 Å². The fraction of sp³-hybridized carbons (Fsp3) is 0.600. The normalized spacial score (nSPS) is 24.6. The highest BCUT2D eigenvalue weighted by molar-refractivity contribution is 5.91. The summed E-state index contributed by atoms with van der Waals surface area (Å²) in [5, 5.41) is 15.1. The Morgan fingerprint density at radius 2 is 2.26 bits per heavy atom. The third-order valence-corrected chi connectivity index (χ3v) is 4.56. The molecule has 2 atom stereocenters. The van der Waals surface area contributed by atoms with Crippen molar-refractivity contribution in [3.63, 3.8) is 0 Å². The highest BCUT2D eigenvalue weighted by Gasteiger charge is 2.36. The summed E-state index contributed by atoms with van der Waals surface area (Å²) >= 11 is 0. The van der Waals surface area contributed by atoms with Crippen LogP contribution in [0.25, 0.3) is 0 Å². The second kappa shape index (κ2) is 5.77. The number of carbonyl (C=O) groups is 1. The summed E-state index contributed by atoms with van der Waals surface area (Å²) in [4.78, 5) is 12.8. The van der Waals surface area contributed by atoms with Crippen LogP contribution in [0.3, 0.4) is 0 Å². The lowest BCUT2D eigenvalue weighted by Crippen LogP contribution is -2.34. The van der Waals surface area contributed by atoms with Gasteiger partial charge in [-0.2, -0.15) is 5.10 Å². The van der Waals surface area contributed by atoms with Crippen molar-refractivity contribution in [2.75, 3.05) is 11.9 Å². The molecule has 2 aromatic rings. The quantitative estimate of drug-likeness (QED) is 0.922. The molecule has 0 aromatic carbocycles. The van der Waals surface area contributed by atoms with Crippen LogP contribution < -0.4 is 5.32 Å². The summed E-state index contributed by atoms with van der Waals surface area (Å²) < 4.78 is 9.59. The number of carbonyl (C=O) groups excluding carboxylic acids is 1. The molecule has 1 amide bonds. The van der Waals surface area contributed by atoms with Crippen molar-refractivity contribution in [1.29, 1.82) is 0 Å². The van der Waals surface area contributed by atoms with Gasteiger partial charge in [-0.1, -0.05) is 0 Å². The Morgan fingerprint density at radius 3 is 3.00 bits per heavy atom. The SMILES string of the molecule is Cn1nccc1[C@@H]1OCCC[C@H]1C(=O)Nc1nncn1C1CC1. The summed E-state index contributed by atoms with van der Waals surface area (Å²) in [6.07, 6.45) is 7.04. The molecule has 2 aliphatic rings. The highest BCUT2D eigenvalue weighted by Crippen LogP contribution is 2.37. The number of anilines is 1. The molecule has 4 rings (SSSR count). The standard InChI is InChI=1S/C15H20N6O2/c1-20-12(6-7-17-20)13-11(3-2-8-23-13)14(22)18-15-19-16-9-21(15)10-4-5-10/h6-7,9-11,13H,2-5,8H2,1H3,(H,18,19,22)/t11-,13-/m1/s1. The predicted molar refractivity (Wildman–Crippen MR) is 81.5 cm³/mol. The molecule has 0 spiro atoms. The number of nitrogens with zero attached hydrogens (tertiary/aromatic N) is 5. The van der Waals surface area contributed by atoms with Gasteiger partial charge in [-0.25, -0.2) is 0 Å². The molecule has 8 nitrogen and oxygen atoms in total. The second-order valence-electron chi connectivity index (χ2n) is 6.20. The summed E-state index contributed by atoms with van der Waals surface area (Å²) in [6, 6.07) is 2.33. The van der Waals surface area contributed by atoms with E-state index >= 15 is 0 Å². The number of amides is 1. The highest BCUT2D eigenvalue weighted by atomic mass is 16.5. The topological polar surface area (TPSA) is 86.9 Å². The number of aromatic nitrogens is 5. The first-order chi connectivity index (χ1) is 11.2. The maximum absolute atomic E-state index is 12.8. The maximum Gasteiger partial charge on any atom is 0.232 e. The van der Waals surface area contributed by atoms with E-state index in [9.17, 15) is 4.79 Å². The fourth-order valence-corrected chi connectivity index (χ4v) is 3.16. The summed E-state index contributed by atoms with van der Waals surface area (Å²) in [5.74, 6) is 0.223. The first-order valence-electron chi connectivity index (χ1n) is 8.04. The van der Waals surface area contributed by atoms with Gasteiger partial charge in [0.15, 0.2) is 0 Å². The average molecular weight is 316 g/mol. The monoisotopic (exact) mass is 316 g/mol. The summed E-state index contributed by atoms with van der Waals surface area (Å²) in [6.45, 7) is 0.665. The van der Waals surface area contributed by atoms with Crippen molar-refractivity contribution in [3.05, 3.63) is 24.3 Å². The first-order valence-corrected chi connectivity index (χ1v) is 8.04. The molecule has 0 bridgehead atoms. The van der Waals surface area contributed by atoms with Gasteiger partial charge in [0.1, 0.15) is 12.4 Å². The van der Waals surface area contributed by atoms with Gasteiger partial charge < -0.3 is 4.74 Å². The molecule has 1 aliphatic heterocycles. The van der Waals surface area contributed by atoms with Crippen LogP contribution >= 0.6 is 0 Å². The van der Waals surface area contributed by atoms with Gasteiger partial charge in [0, 0.05) is 25.9 Å². The molecule has 1 aliphatic carbocycles. The minimum atomic E-state index is -0.270. The molecule has 1 saturated heterocycles. The molecule has 8 heteroatoms. The maximum atomic E-state index is 12.8. The summed E-state index contributed by atoms with van der Waals surface area (Å²) in [7, 11) is 1.87. The lowest BCUT2D eigenvalue weighted by Gasteiger charge is -2.30. The van der Waals surface area contributed by atoms with E-state index < -0.39 is 0 Å². The van der Waals surface area contributed by atoms with Crippen LogP contribution in [-0.4, -0.2) is 37.1 Å². The minimum Gasteiger partial charge on any atom is -0.371 e. The number of nitrogens with one attached hydrogen (secondary N) is 1. The molecule has 1 N–H and O–H groups in total. The molecular weight excluding hydrogens is 296 g/mol. The van der Waals surface area contributed by atoms with Crippen LogP contribution in [0.15, 0.2) is 18.6 Å².